The monoisotopic (exact) mass is 586 g/mol. The summed E-state index contributed by atoms with van der Waals surface area (Å²) in [7, 11) is 0. The van der Waals surface area contributed by atoms with Crippen molar-refractivity contribution in [1.82, 2.24) is 4.57 Å². The molecule has 0 spiro atoms. The molecule has 0 bridgehead atoms. The van der Waals surface area contributed by atoms with Crippen molar-refractivity contribution in [2.45, 2.75) is 0 Å². The van der Waals surface area contributed by atoms with Crippen molar-refractivity contribution in [1.29, 1.82) is 0 Å². The molecule has 216 valence electrons. The molecule has 7 aromatic carbocycles. The molecule has 0 saturated heterocycles. The molecule has 0 N–H and O–H groups in total. The number of hydrogen-bond acceptors (Lipinski definition) is 1. The summed E-state index contributed by atoms with van der Waals surface area (Å²) in [6.07, 6.45) is 2.33. The predicted molar refractivity (Wildman–Crippen MR) is 194 cm³/mol. The van der Waals surface area contributed by atoms with E-state index in [9.17, 15) is 0 Å². The van der Waals surface area contributed by atoms with Crippen LogP contribution in [0.25, 0.3) is 50.3 Å². The third kappa shape index (κ3) is 4.19. The maximum atomic E-state index is 2.42. The molecule has 9 rings (SSSR count). The van der Waals surface area contributed by atoms with Crippen molar-refractivity contribution in [2.24, 2.45) is 0 Å². The van der Waals surface area contributed by atoms with E-state index in [1.807, 2.05) is 0 Å². The smallest absolute Gasteiger partial charge is 0.0547 e. The SMILES string of the molecule is C(=C1c2ccccc2-c2c1ccc1c2c2ccccc2n1-c1ccc(N(c2ccccc2)c2ccccc2)cc1)c1ccccc1. The van der Waals surface area contributed by atoms with Gasteiger partial charge in [0.1, 0.15) is 0 Å². The molecule has 8 aromatic rings. The lowest BCUT2D eigenvalue weighted by molar-refractivity contribution is 1.17. The van der Waals surface area contributed by atoms with Gasteiger partial charge < -0.3 is 9.47 Å². The molecule has 1 heterocycles. The highest BCUT2D eigenvalue weighted by molar-refractivity contribution is 6.22. The van der Waals surface area contributed by atoms with E-state index in [0.717, 1.165) is 22.7 Å². The van der Waals surface area contributed by atoms with E-state index in [0.29, 0.717) is 0 Å². The fourth-order valence-corrected chi connectivity index (χ4v) is 7.15. The van der Waals surface area contributed by atoms with Gasteiger partial charge >= 0.3 is 0 Å². The minimum Gasteiger partial charge on any atom is -0.311 e. The number of hydrogen-bond donors (Lipinski definition) is 0. The highest BCUT2D eigenvalue weighted by Crippen LogP contribution is 2.50. The predicted octanol–water partition coefficient (Wildman–Crippen LogP) is 11.8. The van der Waals surface area contributed by atoms with Crippen molar-refractivity contribution in [3.63, 3.8) is 0 Å². The Labute approximate surface area is 268 Å². The minimum absolute atomic E-state index is 1.12. The molecule has 0 saturated carbocycles. The number of aromatic nitrogens is 1. The van der Waals surface area contributed by atoms with Crippen LogP contribution in [-0.4, -0.2) is 4.57 Å². The fourth-order valence-electron chi connectivity index (χ4n) is 7.15. The highest BCUT2D eigenvalue weighted by Gasteiger charge is 2.28. The quantitative estimate of drug-likeness (QED) is 0.195. The van der Waals surface area contributed by atoms with Crippen molar-refractivity contribution in [3.05, 3.63) is 193 Å². The maximum absolute atomic E-state index is 2.42. The van der Waals surface area contributed by atoms with E-state index in [1.54, 1.807) is 0 Å². The number of anilines is 3. The maximum Gasteiger partial charge on any atom is 0.0547 e. The highest BCUT2D eigenvalue weighted by atomic mass is 15.1. The Morgan fingerprint density at radius 3 is 1.67 bits per heavy atom. The van der Waals surface area contributed by atoms with Gasteiger partial charge in [-0.2, -0.15) is 0 Å². The Bertz CT molecular complexity index is 2340. The third-order valence-corrected chi connectivity index (χ3v) is 9.12. The average molecular weight is 587 g/mol. The van der Waals surface area contributed by atoms with Crippen molar-refractivity contribution >= 4 is 50.5 Å². The van der Waals surface area contributed by atoms with Gasteiger partial charge in [0, 0.05) is 39.1 Å². The van der Waals surface area contributed by atoms with Gasteiger partial charge in [-0.05, 0) is 94.6 Å². The van der Waals surface area contributed by atoms with Gasteiger partial charge in [-0.1, -0.05) is 115 Å². The molecular formula is C44H30N2. The summed E-state index contributed by atoms with van der Waals surface area (Å²) < 4.78 is 2.42. The van der Waals surface area contributed by atoms with E-state index in [-0.39, 0.29) is 0 Å². The van der Waals surface area contributed by atoms with Crippen LogP contribution < -0.4 is 4.90 Å². The second kappa shape index (κ2) is 10.8. The zero-order valence-electron chi connectivity index (χ0n) is 25.2. The summed E-state index contributed by atoms with van der Waals surface area (Å²) in [6, 6.07) is 63.1. The fraction of sp³-hybridized carbons (Fsp3) is 0. The van der Waals surface area contributed by atoms with Gasteiger partial charge in [0.15, 0.2) is 0 Å². The van der Waals surface area contributed by atoms with Crippen LogP contribution in [0.5, 0.6) is 0 Å². The van der Waals surface area contributed by atoms with E-state index >= 15 is 0 Å². The first kappa shape index (κ1) is 26.3. The van der Waals surface area contributed by atoms with E-state index in [1.165, 1.54) is 55.2 Å². The standard InChI is InChI=1S/C44H30N2/c1-4-14-31(15-5-1)30-40-36-20-10-11-21-37(36)43-38(40)28-29-42-44(43)39-22-12-13-23-41(39)46(42)35-26-24-34(25-27-35)45(32-16-6-2-7-17-32)33-18-8-3-9-19-33/h1-30H. The normalized spacial score (nSPS) is 12.8. The van der Waals surface area contributed by atoms with Crippen LogP contribution in [0, 0.1) is 0 Å². The second-order valence-electron chi connectivity index (χ2n) is 11.8. The van der Waals surface area contributed by atoms with Crippen LogP contribution in [0.2, 0.25) is 0 Å². The number of fused-ring (bicyclic) bond motifs is 7. The summed E-state index contributed by atoms with van der Waals surface area (Å²) in [6.45, 7) is 0. The van der Waals surface area contributed by atoms with Crippen LogP contribution in [0.1, 0.15) is 16.7 Å². The molecule has 2 nitrogen and oxygen atoms in total. The molecule has 0 amide bonds. The molecule has 1 aliphatic carbocycles. The van der Waals surface area contributed by atoms with Gasteiger partial charge in [-0.15, -0.1) is 0 Å². The summed E-state index contributed by atoms with van der Waals surface area (Å²) >= 11 is 0. The summed E-state index contributed by atoms with van der Waals surface area (Å²) in [5, 5.41) is 2.57. The molecule has 46 heavy (non-hydrogen) atoms. The van der Waals surface area contributed by atoms with E-state index < -0.39 is 0 Å². The molecule has 0 aliphatic heterocycles. The first-order chi connectivity index (χ1) is 22.8. The Balaban J connectivity index is 1.24. The number of para-hydroxylation sites is 3. The lowest BCUT2D eigenvalue weighted by atomic mass is 9.98. The molecule has 0 radical (unpaired) electrons. The Hall–Kier alpha value is -6.12. The van der Waals surface area contributed by atoms with Gasteiger partial charge in [0.2, 0.25) is 0 Å². The first-order valence-corrected chi connectivity index (χ1v) is 15.8. The van der Waals surface area contributed by atoms with Crippen molar-refractivity contribution in [2.75, 3.05) is 4.90 Å². The molecule has 0 fully saturated rings. The number of benzene rings is 7. The molecule has 2 heteroatoms. The molecule has 1 aliphatic rings. The van der Waals surface area contributed by atoms with Crippen LogP contribution in [0.15, 0.2) is 176 Å². The first-order valence-electron chi connectivity index (χ1n) is 15.8. The third-order valence-electron chi connectivity index (χ3n) is 9.12. The van der Waals surface area contributed by atoms with Crippen molar-refractivity contribution in [3.8, 4) is 16.8 Å². The van der Waals surface area contributed by atoms with Gasteiger partial charge in [-0.3, -0.25) is 0 Å². The lowest BCUT2D eigenvalue weighted by Gasteiger charge is -2.25. The average Bonchev–Trinajstić information content (AvgIpc) is 3.63. The molecule has 0 unspecified atom stereocenters. The van der Waals surface area contributed by atoms with Crippen molar-refractivity contribution < 1.29 is 0 Å². The van der Waals surface area contributed by atoms with E-state index in [2.05, 4.69) is 191 Å². The second-order valence-corrected chi connectivity index (χ2v) is 11.8. The largest absolute Gasteiger partial charge is 0.311 e. The van der Waals surface area contributed by atoms with Gasteiger partial charge in [0.05, 0.1) is 11.0 Å². The zero-order valence-corrected chi connectivity index (χ0v) is 25.2. The Morgan fingerprint density at radius 1 is 0.413 bits per heavy atom. The Kier molecular flexibility index (Phi) is 6.17. The van der Waals surface area contributed by atoms with Crippen LogP contribution >= 0.6 is 0 Å². The van der Waals surface area contributed by atoms with Crippen LogP contribution in [-0.2, 0) is 0 Å². The summed E-state index contributed by atoms with van der Waals surface area (Å²) in [5.74, 6) is 0. The Morgan fingerprint density at radius 2 is 0.978 bits per heavy atom. The van der Waals surface area contributed by atoms with E-state index in [4.69, 9.17) is 0 Å². The van der Waals surface area contributed by atoms with Gasteiger partial charge in [0.25, 0.3) is 0 Å². The van der Waals surface area contributed by atoms with Crippen LogP contribution in [0.4, 0.5) is 17.1 Å². The lowest BCUT2D eigenvalue weighted by Crippen LogP contribution is -2.09. The zero-order chi connectivity index (χ0) is 30.5. The number of nitrogens with zero attached hydrogens (tertiary/aromatic N) is 2. The van der Waals surface area contributed by atoms with Crippen LogP contribution in [0.3, 0.4) is 0 Å². The minimum atomic E-state index is 1.12. The molecule has 0 atom stereocenters. The van der Waals surface area contributed by atoms with Gasteiger partial charge in [-0.25, -0.2) is 0 Å². The summed E-state index contributed by atoms with van der Waals surface area (Å²) in [5.41, 5.74) is 14.6. The molecule has 1 aromatic heterocycles. The molecular weight excluding hydrogens is 556 g/mol. The summed E-state index contributed by atoms with van der Waals surface area (Å²) in [4.78, 5) is 2.31. The number of rotatable bonds is 5. The topological polar surface area (TPSA) is 8.17 Å².